The topological polar surface area (TPSA) is 45.1 Å². The Morgan fingerprint density at radius 3 is 3.15 bits per heavy atom. The van der Waals surface area contributed by atoms with Crippen LogP contribution in [0.5, 0.6) is 0 Å². The molecule has 1 aliphatic rings. The van der Waals surface area contributed by atoms with E-state index in [-0.39, 0.29) is 19.0 Å². The van der Waals surface area contributed by atoms with Gasteiger partial charge in [0.25, 0.3) is 0 Å². The summed E-state index contributed by atoms with van der Waals surface area (Å²) in [4.78, 5) is 6.42. The number of hydrogen-bond donors (Lipinski definition) is 1. The predicted octanol–water partition coefficient (Wildman–Crippen LogP) is 0.845. The summed E-state index contributed by atoms with van der Waals surface area (Å²) < 4.78 is 13.0. The van der Waals surface area contributed by atoms with Crippen LogP contribution in [0.15, 0.2) is 17.1 Å². The molecule has 1 rings (SSSR count). The fourth-order valence-corrected chi connectivity index (χ4v) is 0.971. The van der Waals surface area contributed by atoms with Crippen LogP contribution in [0.25, 0.3) is 0 Å². The quantitative estimate of drug-likeness (QED) is 0.711. The summed E-state index contributed by atoms with van der Waals surface area (Å²) >= 11 is 0. The van der Waals surface area contributed by atoms with Crippen LogP contribution in [0.1, 0.15) is 13.3 Å². The first-order valence-electron chi connectivity index (χ1n) is 4.11. The number of oxime groups is 1. The molecule has 0 bridgehead atoms. The van der Waals surface area contributed by atoms with Crippen LogP contribution < -0.4 is 0 Å². The molecule has 0 saturated carbocycles. The van der Waals surface area contributed by atoms with Crippen molar-refractivity contribution >= 4 is 5.84 Å². The number of nitrogens with zero attached hydrogens (tertiary/aromatic N) is 2. The highest BCUT2D eigenvalue weighted by atomic mass is 19.1. The molecule has 0 amide bonds. The molecular formula is C8H13FN2O2. The van der Waals surface area contributed by atoms with E-state index in [0.717, 1.165) is 0 Å². The maximum Gasteiger partial charge on any atom is 0.191 e. The molecule has 0 aliphatic carbocycles. The van der Waals surface area contributed by atoms with E-state index in [4.69, 9.17) is 9.94 Å². The van der Waals surface area contributed by atoms with Gasteiger partial charge in [-0.25, -0.2) is 4.39 Å². The molecule has 0 radical (unpaired) electrons. The van der Waals surface area contributed by atoms with Gasteiger partial charge >= 0.3 is 0 Å². The molecule has 1 heterocycles. The lowest BCUT2D eigenvalue weighted by molar-refractivity contribution is 0.111. The summed E-state index contributed by atoms with van der Waals surface area (Å²) in [7, 11) is 0. The third-order valence-corrected chi connectivity index (χ3v) is 1.70. The molecule has 5 heteroatoms. The van der Waals surface area contributed by atoms with Gasteiger partial charge in [-0.05, 0) is 19.4 Å². The van der Waals surface area contributed by atoms with Crippen LogP contribution in [0.4, 0.5) is 4.39 Å². The highest BCUT2D eigenvalue weighted by Crippen LogP contribution is 2.08. The molecule has 0 aromatic heterocycles. The first-order valence-corrected chi connectivity index (χ1v) is 4.11. The largest absolute Gasteiger partial charge is 0.396 e. The van der Waals surface area contributed by atoms with Gasteiger partial charge in [-0.2, -0.15) is 0 Å². The van der Waals surface area contributed by atoms with Gasteiger partial charge in [0, 0.05) is 6.61 Å². The molecule has 1 N–H and O–H groups in total. The van der Waals surface area contributed by atoms with Crippen LogP contribution in [0.2, 0.25) is 0 Å². The lowest BCUT2D eigenvalue weighted by Gasteiger charge is -2.13. The Bertz CT molecular complexity index is 228. The minimum Gasteiger partial charge on any atom is -0.396 e. The molecule has 1 aliphatic heterocycles. The minimum atomic E-state index is -0.269. The van der Waals surface area contributed by atoms with Gasteiger partial charge in [-0.1, -0.05) is 5.16 Å². The zero-order valence-corrected chi connectivity index (χ0v) is 7.53. The average Bonchev–Trinajstić information content (AvgIpc) is 2.48. The molecule has 0 unspecified atom stereocenters. The average molecular weight is 188 g/mol. The van der Waals surface area contributed by atoms with Gasteiger partial charge in [-0.15, -0.1) is 0 Å². The lowest BCUT2D eigenvalue weighted by atomic mass is 10.3. The zero-order chi connectivity index (χ0) is 9.68. The summed E-state index contributed by atoms with van der Waals surface area (Å²) in [6.45, 7) is 2.19. The van der Waals surface area contributed by atoms with Crippen molar-refractivity contribution in [2.45, 2.75) is 13.3 Å². The predicted molar refractivity (Wildman–Crippen MR) is 46.7 cm³/mol. The van der Waals surface area contributed by atoms with Crippen molar-refractivity contribution in [3.8, 4) is 0 Å². The van der Waals surface area contributed by atoms with Crippen molar-refractivity contribution in [3.05, 3.63) is 11.9 Å². The smallest absolute Gasteiger partial charge is 0.191 e. The van der Waals surface area contributed by atoms with E-state index in [2.05, 4.69) is 5.16 Å². The van der Waals surface area contributed by atoms with E-state index in [0.29, 0.717) is 19.0 Å². The normalized spacial score (nSPS) is 17.3. The summed E-state index contributed by atoms with van der Waals surface area (Å²) in [6, 6.07) is 0. The zero-order valence-electron chi connectivity index (χ0n) is 7.53. The second-order valence-corrected chi connectivity index (χ2v) is 2.76. The van der Waals surface area contributed by atoms with Gasteiger partial charge in [0.15, 0.2) is 6.73 Å². The minimum absolute atomic E-state index is 0.0308. The molecule has 74 valence electrons. The van der Waals surface area contributed by atoms with Crippen LogP contribution in [0, 0.1) is 0 Å². The Morgan fingerprint density at radius 1 is 1.85 bits per heavy atom. The van der Waals surface area contributed by atoms with E-state index in [1.165, 1.54) is 6.08 Å². The van der Waals surface area contributed by atoms with Crippen molar-refractivity contribution in [3.63, 3.8) is 0 Å². The Balaban J connectivity index is 2.35. The van der Waals surface area contributed by atoms with Crippen LogP contribution >= 0.6 is 0 Å². The van der Waals surface area contributed by atoms with Crippen molar-refractivity contribution in [1.29, 1.82) is 0 Å². The van der Waals surface area contributed by atoms with Crippen LogP contribution in [0.3, 0.4) is 0 Å². The van der Waals surface area contributed by atoms with Crippen molar-refractivity contribution < 1.29 is 14.3 Å². The maximum atomic E-state index is 13.0. The number of aliphatic hydroxyl groups excluding tert-OH is 1. The third-order valence-electron chi connectivity index (χ3n) is 1.70. The van der Waals surface area contributed by atoms with E-state index in [9.17, 15) is 4.39 Å². The molecule has 0 aromatic rings. The molecule has 13 heavy (non-hydrogen) atoms. The fraction of sp³-hybridized carbons (Fsp3) is 0.625. The first kappa shape index (κ1) is 9.98. The van der Waals surface area contributed by atoms with E-state index < -0.39 is 0 Å². The molecular weight excluding hydrogens is 175 g/mol. The molecule has 0 atom stereocenters. The summed E-state index contributed by atoms with van der Waals surface area (Å²) in [5, 5.41) is 12.1. The molecule has 0 fully saturated rings. The maximum absolute atomic E-state index is 13.0. The second kappa shape index (κ2) is 4.81. The Labute approximate surface area is 76.3 Å². The van der Waals surface area contributed by atoms with E-state index in [1.807, 2.05) is 0 Å². The van der Waals surface area contributed by atoms with Crippen LogP contribution in [-0.4, -0.2) is 35.7 Å². The number of halogens is 1. The Hall–Kier alpha value is -1.10. The Kier molecular flexibility index (Phi) is 3.70. The Morgan fingerprint density at radius 2 is 2.62 bits per heavy atom. The lowest BCUT2D eigenvalue weighted by Crippen LogP contribution is -2.26. The number of aliphatic hydroxyl groups is 1. The highest BCUT2D eigenvalue weighted by Gasteiger charge is 2.15. The standard InChI is InChI=1S/C8H13FN2O2/c1-7-10-13-6-11(7)5-8(9)3-2-4-12/h3,12H,2,4-6H2,1H3/b8-3+. The van der Waals surface area contributed by atoms with E-state index >= 15 is 0 Å². The summed E-state index contributed by atoms with van der Waals surface area (Å²) in [5.41, 5.74) is 0. The third kappa shape index (κ3) is 3.02. The van der Waals surface area contributed by atoms with Crippen LogP contribution in [-0.2, 0) is 4.84 Å². The summed E-state index contributed by atoms with van der Waals surface area (Å²) in [6.07, 6.45) is 1.71. The van der Waals surface area contributed by atoms with Crippen molar-refractivity contribution in [2.75, 3.05) is 19.9 Å². The van der Waals surface area contributed by atoms with Gasteiger partial charge in [0.1, 0.15) is 11.7 Å². The number of amidine groups is 1. The monoisotopic (exact) mass is 188 g/mol. The summed E-state index contributed by atoms with van der Waals surface area (Å²) in [5.74, 6) is 0.404. The molecule has 0 saturated heterocycles. The molecule has 4 nitrogen and oxygen atoms in total. The van der Waals surface area contributed by atoms with Gasteiger partial charge in [-0.3, -0.25) is 0 Å². The fourth-order valence-electron chi connectivity index (χ4n) is 0.971. The molecule has 0 spiro atoms. The van der Waals surface area contributed by atoms with Gasteiger partial charge < -0.3 is 14.8 Å². The number of hydrogen-bond acceptors (Lipinski definition) is 4. The first-order chi connectivity index (χ1) is 6.24. The van der Waals surface area contributed by atoms with Crippen molar-refractivity contribution in [2.24, 2.45) is 5.16 Å². The SMILES string of the molecule is CC1=NOCN1C/C(F)=C\CCO. The van der Waals surface area contributed by atoms with Gasteiger partial charge in [0.2, 0.25) is 0 Å². The highest BCUT2D eigenvalue weighted by molar-refractivity contribution is 5.80. The molecule has 0 aromatic carbocycles. The number of rotatable bonds is 4. The van der Waals surface area contributed by atoms with Gasteiger partial charge in [0.05, 0.1) is 6.54 Å². The van der Waals surface area contributed by atoms with E-state index in [1.54, 1.807) is 11.8 Å². The van der Waals surface area contributed by atoms with Crippen molar-refractivity contribution in [1.82, 2.24) is 4.90 Å². The second-order valence-electron chi connectivity index (χ2n) is 2.76.